The predicted octanol–water partition coefficient (Wildman–Crippen LogP) is 2.16. The lowest BCUT2D eigenvalue weighted by atomic mass is 9.91. The fourth-order valence-electron chi connectivity index (χ4n) is 2.93. The Kier molecular flexibility index (Phi) is 6.25. The molecule has 1 aliphatic rings. The summed E-state index contributed by atoms with van der Waals surface area (Å²) in [5, 5.41) is 18.8. The molecule has 0 heterocycles. The summed E-state index contributed by atoms with van der Waals surface area (Å²) in [6.07, 6.45) is 4.70. The van der Waals surface area contributed by atoms with E-state index in [0.717, 1.165) is 31.4 Å². The quantitative estimate of drug-likeness (QED) is 0.834. The molecule has 1 aliphatic carbocycles. The molecule has 2 atom stereocenters. The van der Waals surface area contributed by atoms with Crippen molar-refractivity contribution in [2.75, 3.05) is 13.7 Å². The average molecular weight is 287 g/mol. The molecule has 2 rings (SSSR count). The van der Waals surface area contributed by atoms with Gasteiger partial charge < -0.3 is 10.2 Å². The molecule has 0 radical (unpaired) electrons. The molecular formula is C18H25NO2. The number of benzene rings is 1. The Bertz CT molecular complexity index is 486. The molecule has 0 saturated heterocycles. The van der Waals surface area contributed by atoms with Crippen LogP contribution in [0.25, 0.3) is 0 Å². The van der Waals surface area contributed by atoms with Crippen LogP contribution in [0.3, 0.4) is 0 Å². The molecule has 1 aromatic carbocycles. The Labute approximate surface area is 127 Å². The average Bonchev–Trinajstić information content (AvgIpc) is 2.49. The van der Waals surface area contributed by atoms with E-state index in [0.29, 0.717) is 6.42 Å². The molecule has 0 aromatic heterocycles. The Hall–Kier alpha value is -1.34. The normalized spacial score (nSPS) is 21.9. The zero-order valence-corrected chi connectivity index (χ0v) is 12.8. The predicted molar refractivity (Wildman–Crippen MR) is 84.8 cm³/mol. The van der Waals surface area contributed by atoms with Crippen molar-refractivity contribution in [2.45, 2.75) is 50.8 Å². The maximum Gasteiger partial charge on any atom is 0.0695 e. The number of aliphatic hydroxyl groups is 2. The van der Waals surface area contributed by atoms with Crippen LogP contribution in [-0.2, 0) is 6.54 Å². The van der Waals surface area contributed by atoms with Crippen molar-refractivity contribution in [3.8, 4) is 11.8 Å². The minimum absolute atomic E-state index is 0.111. The second-order valence-corrected chi connectivity index (χ2v) is 5.81. The zero-order valence-electron chi connectivity index (χ0n) is 12.8. The Morgan fingerprint density at radius 1 is 1.19 bits per heavy atom. The van der Waals surface area contributed by atoms with Gasteiger partial charge in [-0.2, -0.15) is 0 Å². The number of nitrogens with zero attached hydrogens (tertiary/aromatic N) is 1. The number of rotatable bonds is 4. The zero-order chi connectivity index (χ0) is 15.1. The maximum absolute atomic E-state index is 10.1. The molecule has 1 aromatic rings. The van der Waals surface area contributed by atoms with Crippen LogP contribution in [0, 0.1) is 11.8 Å². The van der Waals surface area contributed by atoms with Gasteiger partial charge in [0.05, 0.1) is 12.7 Å². The van der Waals surface area contributed by atoms with E-state index in [1.807, 2.05) is 12.1 Å². The summed E-state index contributed by atoms with van der Waals surface area (Å²) in [4.78, 5) is 2.26. The van der Waals surface area contributed by atoms with Crippen LogP contribution in [0.5, 0.6) is 0 Å². The first-order chi connectivity index (χ1) is 10.2. The summed E-state index contributed by atoms with van der Waals surface area (Å²) in [6.45, 7) is 0.964. The van der Waals surface area contributed by atoms with Gasteiger partial charge in [0.1, 0.15) is 0 Å². The summed E-state index contributed by atoms with van der Waals surface area (Å²) in [5.74, 6) is 5.96. The molecule has 3 nitrogen and oxygen atoms in total. The molecule has 114 valence electrons. The molecule has 1 saturated carbocycles. The van der Waals surface area contributed by atoms with Crippen molar-refractivity contribution >= 4 is 0 Å². The molecule has 2 unspecified atom stereocenters. The van der Waals surface area contributed by atoms with Gasteiger partial charge in [0.2, 0.25) is 0 Å². The highest BCUT2D eigenvalue weighted by Crippen LogP contribution is 2.23. The van der Waals surface area contributed by atoms with Crippen LogP contribution in [0.1, 0.15) is 43.2 Å². The van der Waals surface area contributed by atoms with E-state index in [-0.39, 0.29) is 18.8 Å². The fourth-order valence-corrected chi connectivity index (χ4v) is 2.93. The van der Waals surface area contributed by atoms with Gasteiger partial charge in [0.25, 0.3) is 0 Å². The molecule has 0 spiro atoms. The van der Waals surface area contributed by atoms with Crippen molar-refractivity contribution in [1.29, 1.82) is 0 Å². The first-order valence-electron chi connectivity index (χ1n) is 7.77. The van der Waals surface area contributed by atoms with Gasteiger partial charge in [-0.15, -0.1) is 0 Å². The molecule has 2 N–H and O–H groups in total. The first kappa shape index (κ1) is 16.0. The largest absolute Gasteiger partial charge is 0.395 e. The van der Waals surface area contributed by atoms with Crippen LogP contribution in [-0.4, -0.2) is 40.9 Å². The van der Waals surface area contributed by atoms with Gasteiger partial charge in [-0.25, -0.2) is 0 Å². The topological polar surface area (TPSA) is 43.7 Å². The first-order valence-corrected chi connectivity index (χ1v) is 7.77. The number of hydrogen-bond acceptors (Lipinski definition) is 3. The molecule has 0 aliphatic heterocycles. The van der Waals surface area contributed by atoms with E-state index in [1.54, 1.807) is 0 Å². The molecule has 3 heteroatoms. The van der Waals surface area contributed by atoms with Crippen LogP contribution in [0.15, 0.2) is 24.3 Å². The number of hydrogen-bond donors (Lipinski definition) is 2. The van der Waals surface area contributed by atoms with Crippen molar-refractivity contribution < 1.29 is 10.2 Å². The van der Waals surface area contributed by atoms with E-state index >= 15 is 0 Å². The lowest BCUT2D eigenvalue weighted by Crippen LogP contribution is -2.42. The van der Waals surface area contributed by atoms with Crippen LogP contribution in [0.4, 0.5) is 0 Å². The van der Waals surface area contributed by atoms with Gasteiger partial charge in [-0.1, -0.05) is 36.8 Å². The summed E-state index contributed by atoms with van der Waals surface area (Å²) >= 11 is 0. The molecule has 0 amide bonds. The summed E-state index contributed by atoms with van der Waals surface area (Å²) in [5.41, 5.74) is 2.22. The number of aliphatic hydroxyl groups excluding tert-OH is 2. The van der Waals surface area contributed by atoms with Gasteiger partial charge in [-0.3, -0.25) is 4.90 Å². The second kappa shape index (κ2) is 8.19. The minimum Gasteiger partial charge on any atom is -0.395 e. The molecular weight excluding hydrogens is 262 g/mol. The van der Waals surface area contributed by atoms with E-state index in [9.17, 15) is 5.11 Å². The SMILES string of the molecule is CN(Cc1ccc(C#CCCO)cc1)C1CCCCC1O. The third-order valence-corrected chi connectivity index (χ3v) is 4.12. The van der Waals surface area contributed by atoms with Crippen LogP contribution in [0.2, 0.25) is 0 Å². The van der Waals surface area contributed by atoms with Gasteiger partial charge in [0.15, 0.2) is 0 Å². The highest BCUT2D eigenvalue weighted by atomic mass is 16.3. The maximum atomic E-state index is 10.1. The molecule has 0 bridgehead atoms. The monoisotopic (exact) mass is 287 g/mol. The third-order valence-electron chi connectivity index (χ3n) is 4.12. The van der Waals surface area contributed by atoms with Gasteiger partial charge in [-0.05, 0) is 37.6 Å². The Morgan fingerprint density at radius 2 is 1.90 bits per heavy atom. The second-order valence-electron chi connectivity index (χ2n) is 5.81. The van der Waals surface area contributed by atoms with Crippen molar-refractivity contribution in [2.24, 2.45) is 0 Å². The lowest BCUT2D eigenvalue weighted by molar-refractivity contribution is 0.0288. The van der Waals surface area contributed by atoms with E-state index < -0.39 is 0 Å². The molecule has 21 heavy (non-hydrogen) atoms. The summed E-state index contributed by atoms with van der Waals surface area (Å²) < 4.78 is 0. The Morgan fingerprint density at radius 3 is 2.57 bits per heavy atom. The lowest BCUT2D eigenvalue weighted by Gasteiger charge is -2.35. The van der Waals surface area contributed by atoms with Crippen molar-refractivity contribution in [3.05, 3.63) is 35.4 Å². The van der Waals surface area contributed by atoms with Crippen molar-refractivity contribution in [3.63, 3.8) is 0 Å². The fraction of sp³-hybridized carbons (Fsp3) is 0.556. The van der Waals surface area contributed by atoms with Crippen molar-refractivity contribution in [1.82, 2.24) is 4.90 Å². The highest BCUT2D eigenvalue weighted by Gasteiger charge is 2.26. The van der Waals surface area contributed by atoms with Gasteiger partial charge in [0, 0.05) is 24.6 Å². The van der Waals surface area contributed by atoms with E-state index in [4.69, 9.17) is 5.11 Å². The Balaban J connectivity index is 1.92. The summed E-state index contributed by atoms with van der Waals surface area (Å²) in [7, 11) is 2.09. The van der Waals surface area contributed by atoms with Crippen LogP contribution < -0.4 is 0 Å². The number of likely N-dealkylation sites (N-methyl/N-ethyl adjacent to an activating group) is 1. The standard InChI is InChI=1S/C18H25NO2/c1-19(17-7-2-3-8-18(17)21)14-16-11-9-15(10-12-16)6-4-5-13-20/h9-12,17-18,20-21H,2-3,5,7-8,13-14H2,1H3. The van der Waals surface area contributed by atoms with Gasteiger partial charge >= 0.3 is 0 Å². The summed E-state index contributed by atoms with van der Waals surface area (Å²) in [6, 6.07) is 8.50. The van der Waals surface area contributed by atoms with E-state index in [1.165, 1.54) is 12.0 Å². The smallest absolute Gasteiger partial charge is 0.0695 e. The minimum atomic E-state index is -0.188. The van der Waals surface area contributed by atoms with Crippen LogP contribution >= 0.6 is 0 Å². The highest BCUT2D eigenvalue weighted by molar-refractivity contribution is 5.36. The van der Waals surface area contributed by atoms with E-state index in [2.05, 4.69) is 35.9 Å². The third kappa shape index (κ3) is 4.86. The molecule has 1 fully saturated rings.